The van der Waals surface area contributed by atoms with Gasteiger partial charge in [-0.2, -0.15) is 9.13 Å². The lowest BCUT2D eigenvalue weighted by atomic mass is 9.48. The van der Waals surface area contributed by atoms with E-state index in [0.717, 1.165) is 36.1 Å². The summed E-state index contributed by atoms with van der Waals surface area (Å²) in [4.78, 5) is 0. The fraction of sp³-hybridized carbons (Fsp3) is 0.286. The molecule has 6 aromatic rings. The van der Waals surface area contributed by atoms with Crippen molar-refractivity contribution < 1.29 is 28.1 Å². The molecule has 0 amide bonds. The Balaban J connectivity index is 1.54. The van der Waals surface area contributed by atoms with E-state index in [0.29, 0.717) is 0 Å². The van der Waals surface area contributed by atoms with Gasteiger partial charge >= 0.3 is 0 Å². The summed E-state index contributed by atoms with van der Waals surface area (Å²) in [7, 11) is 6.81. The molecule has 1 aliphatic carbocycles. The van der Waals surface area contributed by atoms with Crippen molar-refractivity contribution in [1.29, 1.82) is 0 Å². The Kier molecular flexibility index (Phi) is 8.65. The predicted molar refractivity (Wildman–Crippen MR) is 190 cm³/mol. The van der Waals surface area contributed by atoms with Gasteiger partial charge in [0.05, 0.1) is 28.4 Å². The standard InChI is InChI=1S/C42H44N2O4/c1-7-43-23-21-31(29-13-9-11-15-33(29)43)41-39(27-17-19-35(45-3)37(25-27)47-5)42(40(41)28-18-20-36(46-4)38(26-28)48-6)32-22-24-44(8-2)34-16-12-10-14-30(32)34/h9-26,39-42H,7-8H2,1-6H3/q+2. The van der Waals surface area contributed by atoms with Crippen LogP contribution in [0.5, 0.6) is 23.0 Å². The molecule has 1 fully saturated rings. The molecular weight excluding hydrogens is 596 g/mol. The number of pyridine rings is 2. The van der Waals surface area contributed by atoms with Crippen LogP contribution in [-0.2, 0) is 13.1 Å². The first kappa shape index (κ1) is 31.5. The summed E-state index contributed by atoms with van der Waals surface area (Å²) < 4.78 is 27.8. The van der Waals surface area contributed by atoms with Crippen molar-refractivity contribution >= 4 is 21.8 Å². The summed E-state index contributed by atoms with van der Waals surface area (Å²) in [6.45, 7) is 6.21. The molecule has 4 aromatic carbocycles. The van der Waals surface area contributed by atoms with Crippen LogP contribution in [0.25, 0.3) is 21.8 Å². The fourth-order valence-electron chi connectivity index (χ4n) is 8.22. The fourth-order valence-corrected chi connectivity index (χ4v) is 8.22. The van der Waals surface area contributed by atoms with Crippen LogP contribution in [0.4, 0.5) is 0 Å². The number of methoxy groups -OCH3 is 4. The highest BCUT2D eigenvalue weighted by molar-refractivity contribution is 5.83. The van der Waals surface area contributed by atoms with Gasteiger partial charge < -0.3 is 18.9 Å². The van der Waals surface area contributed by atoms with Gasteiger partial charge in [0.2, 0.25) is 11.0 Å². The first-order valence-corrected chi connectivity index (χ1v) is 16.8. The van der Waals surface area contributed by atoms with Crippen LogP contribution in [0.15, 0.2) is 109 Å². The molecule has 0 saturated heterocycles. The van der Waals surface area contributed by atoms with E-state index in [2.05, 4.69) is 120 Å². The van der Waals surface area contributed by atoms with Crippen LogP contribution in [0.2, 0.25) is 0 Å². The molecule has 0 atom stereocenters. The molecule has 1 aliphatic rings. The SMILES string of the molecule is CC[n+]1ccc(C2C(c3ccc(OC)c(OC)c3)C(c3cc[n+](CC)c4ccccc34)C2c2ccc(OC)c(OC)c2)c2ccccc21. The lowest BCUT2D eigenvalue weighted by Crippen LogP contribution is -2.42. The Hall–Kier alpha value is -5.10. The highest BCUT2D eigenvalue weighted by Crippen LogP contribution is 2.68. The molecule has 0 bridgehead atoms. The van der Waals surface area contributed by atoms with E-state index in [1.165, 1.54) is 44.1 Å². The van der Waals surface area contributed by atoms with Crippen molar-refractivity contribution in [2.45, 2.75) is 50.6 Å². The second-order valence-corrected chi connectivity index (χ2v) is 12.5. The van der Waals surface area contributed by atoms with Gasteiger partial charge in [0, 0.05) is 35.0 Å². The average Bonchev–Trinajstić information content (AvgIpc) is 3.14. The highest BCUT2D eigenvalue weighted by atomic mass is 16.5. The summed E-state index contributed by atoms with van der Waals surface area (Å²) >= 11 is 0. The lowest BCUT2D eigenvalue weighted by molar-refractivity contribution is -0.668. The van der Waals surface area contributed by atoms with Gasteiger partial charge in [-0.15, -0.1) is 0 Å². The van der Waals surface area contributed by atoms with Crippen molar-refractivity contribution in [2.75, 3.05) is 28.4 Å². The largest absolute Gasteiger partial charge is 0.493 e. The van der Waals surface area contributed by atoms with Crippen molar-refractivity contribution in [2.24, 2.45) is 0 Å². The third kappa shape index (κ3) is 5.11. The van der Waals surface area contributed by atoms with E-state index in [-0.39, 0.29) is 23.7 Å². The molecule has 48 heavy (non-hydrogen) atoms. The molecule has 244 valence electrons. The molecule has 6 heteroatoms. The van der Waals surface area contributed by atoms with Gasteiger partial charge in [-0.05, 0) is 96.2 Å². The average molecular weight is 641 g/mol. The molecule has 2 aromatic heterocycles. The third-order valence-electron chi connectivity index (χ3n) is 10.4. The predicted octanol–water partition coefficient (Wildman–Crippen LogP) is 8.09. The molecule has 2 heterocycles. The number of aryl methyl sites for hydroxylation is 2. The number of nitrogens with zero attached hydrogens (tertiary/aromatic N) is 2. The zero-order chi connectivity index (χ0) is 33.4. The summed E-state index contributed by atoms with van der Waals surface area (Å²) in [5.74, 6) is 3.53. The van der Waals surface area contributed by atoms with Crippen molar-refractivity contribution in [3.8, 4) is 23.0 Å². The normalized spacial score (nSPS) is 18.8. The Morgan fingerprint density at radius 2 is 0.854 bits per heavy atom. The summed E-state index contributed by atoms with van der Waals surface area (Å²) in [5, 5.41) is 2.56. The number of hydrogen-bond donors (Lipinski definition) is 0. The van der Waals surface area contributed by atoms with E-state index >= 15 is 0 Å². The third-order valence-corrected chi connectivity index (χ3v) is 10.4. The van der Waals surface area contributed by atoms with Crippen LogP contribution in [-0.4, -0.2) is 28.4 Å². The Morgan fingerprint density at radius 1 is 0.458 bits per heavy atom. The molecule has 1 saturated carbocycles. The molecule has 6 nitrogen and oxygen atoms in total. The Bertz CT molecular complexity index is 1950. The second-order valence-electron chi connectivity index (χ2n) is 12.5. The molecular formula is C42H44N2O4+2. The summed E-state index contributed by atoms with van der Waals surface area (Å²) in [6.07, 6.45) is 4.51. The maximum atomic E-state index is 5.88. The first-order valence-electron chi connectivity index (χ1n) is 16.8. The number of rotatable bonds is 10. The number of ether oxygens (including phenoxy) is 4. The molecule has 0 aliphatic heterocycles. The monoisotopic (exact) mass is 640 g/mol. The smallest absolute Gasteiger partial charge is 0.212 e. The van der Waals surface area contributed by atoms with Crippen LogP contribution in [0, 0.1) is 0 Å². The molecule has 0 N–H and O–H groups in total. The van der Waals surface area contributed by atoms with Gasteiger partial charge in [0.25, 0.3) is 0 Å². The van der Waals surface area contributed by atoms with E-state index in [1.807, 2.05) is 12.1 Å². The second kappa shape index (κ2) is 13.2. The molecule has 0 spiro atoms. The number of fused-ring (bicyclic) bond motifs is 2. The van der Waals surface area contributed by atoms with Gasteiger partial charge in [0.15, 0.2) is 35.4 Å². The van der Waals surface area contributed by atoms with Crippen LogP contribution in [0.1, 0.15) is 59.8 Å². The zero-order valence-electron chi connectivity index (χ0n) is 28.6. The van der Waals surface area contributed by atoms with Crippen LogP contribution >= 0.6 is 0 Å². The minimum Gasteiger partial charge on any atom is -0.493 e. The van der Waals surface area contributed by atoms with Gasteiger partial charge in [-0.25, -0.2) is 0 Å². The minimum atomic E-state index is 0.143. The highest BCUT2D eigenvalue weighted by Gasteiger charge is 2.54. The maximum absolute atomic E-state index is 5.88. The lowest BCUT2D eigenvalue weighted by Gasteiger charge is -2.54. The van der Waals surface area contributed by atoms with E-state index < -0.39 is 0 Å². The summed E-state index contributed by atoms with van der Waals surface area (Å²) in [5.41, 5.74) is 7.63. The van der Waals surface area contributed by atoms with E-state index in [4.69, 9.17) is 18.9 Å². The van der Waals surface area contributed by atoms with Crippen molar-refractivity contribution in [3.05, 3.63) is 132 Å². The Labute approximate surface area is 283 Å². The van der Waals surface area contributed by atoms with Gasteiger partial charge in [-0.1, -0.05) is 36.4 Å². The van der Waals surface area contributed by atoms with E-state index in [9.17, 15) is 0 Å². The number of para-hydroxylation sites is 2. The summed E-state index contributed by atoms with van der Waals surface area (Å²) in [6, 6.07) is 35.3. The van der Waals surface area contributed by atoms with Crippen LogP contribution < -0.4 is 28.1 Å². The molecule has 0 radical (unpaired) electrons. The maximum Gasteiger partial charge on any atom is 0.212 e. The zero-order valence-corrected chi connectivity index (χ0v) is 28.6. The van der Waals surface area contributed by atoms with E-state index in [1.54, 1.807) is 28.4 Å². The van der Waals surface area contributed by atoms with Gasteiger partial charge in [0.1, 0.15) is 13.1 Å². The number of benzene rings is 4. The van der Waals surface area contributed by atoms with Crippen molar-refractivity contribution in [3.63, 3.8) is 0 Å². The van der Waals surface area contributed by atoms with Crippen LogP contribution in [0.3, 0.4) is 0 Å². The molecule has 0 unspecified atom stereocenters. The number of hydrogen-bond acceptors (Lipinski definition) is 4. The van der Waals surface area contributed by atoms with Gasteiger partial charge in [-0.3, -0.25) is 0 Å². The topological polar surface area (TPSA) is 44.7 Å². The molecule has 7 rings (SSSR count). The quantitative estimate of drug-likeness (QED) is 0.142. The number of aromatic nitrogens is 2. The van der Waals surface area contributed by atoms with Crippen molar-refractivity contribution in [1.82, 2.24) is 0 Å². The Morgan fingerprint density at radius 3 is 1.23 bits per heavy atom. The first-order chi connectivity index (χ1) is 23.6. The minimum absolute atomic E-state index is 0.143.